The van der Waals surface area contributed by atoms with E-state index in [0.29, 0.717) is 0 Å². The standard InChI is InChI=1S/C12H13N3O4S/c1-15(2)20(18,19)10-6-4-3-5-8(10)9-7-13-12(17)14-11(9)16/h3-7H,1-2H3,(H2,13,14,16,17). The Morgan fingerprint density at radius 2 is 1.70 bits per heavy atom. The fourth-order valence-corrected chi connectivity index (χ4v) is 2.82. The topological polar surface area (TPSA) is 103 Å². The molecule has 0 spiro atoms. The predicted molar refractivity (Wildman–Crippen MR) is 74.0 cm³/mol. The summed E-state index contributed by atoms with van der Waals surface area (Å²) in [4.78, 5) is 27.2. The Morgan fingerprint density at radius 3 is 2.30 bits per heavy atom. The first kappa shape index (κ1) is 14.2. The van der Waals surface area contributed by atoms with Crippen LogP contribution < -0.4 is 11.2 Å². The van der Waals surface area contributed by atoms with Gasteiger partial charge in [-0.05, 0) is 6.07 Å². The van der Waals surface area contributed by atoms with Crippen molar-refractivity contribution in [3.8, 4) is 11.1 Å². The van der Waals surface area contributed by atoms with Crippen molar-refractivity contribution in [3.05, 3.63) is 51.3 Å². The van der Waals surface area contributed by atoms with Gasteiger partial charge in [-0.15, -0.1) is 0 Å². The molecule has 0 aliphatic carbocycles. The van der Waals surface area contributed by atoms with E-state index in [1.54, 1.807) is 12.1 Å². The molecule has 0 unspecified atom stereocenters. The summed E-state index contributed by atoms with van der Waals surface area (Å²) in [5.41, 5.74) is -0.967. The van der Waals surface area contributed by atoms with Gasteiger partial charge in [0.15, 0.2) is 0 Å². The van der Waals surface area contributed by atoms with Gasteiger partial charge in [0, 0.05) is 25.9 Å². The minimum absolute atomic E-state index is 0.00236. The van der Waals surface area contributed by atoms with Crippen molar-refractivity contribution >= 4 is 10.0 Å². The number of H-pyrrole nitrogens is 2. The first-order valence-electron chi connectivity index (χ1n) is 5.68. The predicted octanol–water partition coefficient (Wildman–Crippen LogP) is -0.0195. The largest absolute Gasteiger partial charge is 0.325 e. The highest BCUT2D eigenvalue weighted by Gasteiger charge is 2.22. The number of nitrogens with zero attached hydrogens (tertiary/aromatic N) is 1. The Hall–Kier alpha value is -2.19. The molecule has 0 saturated heterocycles. The summed E-state index contributed by atoms with van der Waals surface area (Å²) in [5, 5.41) is 0. The van der Waals surface area contributed by atoms with Crippen molar-refractivity contribution in [3.63, 3.8) is 0 Å². The molecule has 2 N–H and O–H groups in total. The fraction of sp³-hybridized carbons (Fsp3) is 0.167. The maximum absolute atomic E-state index is 12.2. The molecule has 0 aliphatic heterocycles. The molecule has 2 aromatic rings. The highest BCUT2D eigenvalue weighted by molar-refractivity contribution is 7.89. The minimum Gasteiger partial charge on any atom is -0.313 e. The van der Waals surface area contributed by atoms with Crippen LogP contribution in [0.5, 0.6) is 0 Å². The summed E-state index contributed by atoms with van der Waals surface area (Å²) in [5.74, 6) is 0. The van der Waals surface area contributed by atoms with Gasteiger partial charge in [0.05, 0.1) is 10.5 Å². The lowest BCUT2D eigenvalue weighted by Crippen LogP contribution is -2.25. The van der Waals surface area contributed by atoms with Gasteiger partial charge in [0.1, 0.15) is 0 Å². The van der Waals surface area contributed by atoms with E-state index in [9.17, 15) is 18.0 Å². The molecule has 1 aromatic heterocycles. The monoisotopic (exact) mass is 295 g/mol. The molecular weight excluding hydrogens is 282 g/mol. The fourth-order valence-electron chi connectivity index (χ4n) is 1.72. The van der Waals surface area contributed by atoms with Crippen molar-refractivity contribution < 1.29 is 8.42 Å². The van der Waals surface area contributed by atoms with Gasteiger partial charge in [-0.25, -0.2) is 17.5 Å². The van der Waals surface area contributed by atoms with E-state index in [0.717, 1.165) is 4.31 Å². The number of rotatable bonds is 3. The van der Waals surface area contributed by atoms with E-state index in [2.05, 4.69) is 9.97 Å². The molecule has 0 atom stereocenters. The lowest BCUT2D eigenvalue weighted by Gasteiger charge is -2.14. The van der Waals surface area contributed by atoms with Crippen LogP contribution in [0.1, 0.15) is 0 Å². The van der Waals surface area contributed by atoms with Crippen LogP contribution in [-0.4, -0.2) is 36.8 Å². The van der Waals surface area contributed by atoms with E-state index in [1.165, 1.54) is 32.4 Å². The van der Waals surface area contributed by atoms with E-state index < -0.39 is 21.3 Å². The molecule has 8 heteroatoms. The van der Waals surface area contributed by atoms with Gasteiger partial charge in [0.25, 0.3) is 5.56 Å². The molecule has 0 fully saturated rings. The Balaban J connectivity index is 2.78. The zero-order valence-corrected chi connectivity index (χ0v) is 11.7. The van der Waals surface area contributed by atoms with Crippen LogP contribution in [-0.2, 0) is 10.0 Å². The van der Waals surface area contributed by atoms with Crippen LogP contribution in [0.3, 0.4) is 0 Å². The Bertz CT molecular complexity index is 849. The summed E-state index contributed by atoms with van der Waals surface area (Å²) >= 11 is 0. The SMILES string of the molecule is CN(C)S(=O)(=O)c1ccccc1-c1c[nH]c(=O)[nH]c1=O. The maximum atomic E-state index is 12.2. The quantitative estimate of drug-likeness (QED) is 0.830. The normalized spacial score (nSPS) is 11.8. The smallest absolute Gasteiger partial charge is 0.313 e. The van der Waals surface area contributed by atoms with Crippen molar-refractivity contribution in [2.45, 2.75) is 4.90 Å². The Labute approximate surface area is 115 Å². The zero-order valence-electron chi connectivity index (χ0n) is 10.9. The highest BCUT2D eigenvalue weighted by Crippen LogP contribution is 2.25. The van der Waals surface area contributed by atoms with Gasteiger partial charge in [-0.2, -0.15) is 0 Å². The van der Waals surface area contributed by atoms with Crippen LogP contribution >= 0.6 is 0 Å². The number of sulfonamides is 1. The third-order valence-corrected chi connectivity index (χ3v) is 4.63. The second kappa shape index (κ2) is 5.06. The van der Waals surface area contributed by atoms with Crippen LogP contribution in [0.4, 0.5) is 0 Å². The Morgan fingerprint density at radius 1 is 1.05 bits per heavy atom. The van der Waals surface area contributed by atoms with E-state index in [-0.39, 0.29) is 16.0 Å². The van der Waals surface area contributed by atoms with Crippen LogP contribution in [0, 0.1) is 0 Å². The molecule has 0 aliphatic rings. The van der Waals surface area contributed by atoms with E-state index >= 15 is 0 Å². The Kier molecular flexibility index (Phi) is 3.60. The summed E-state index contributed by atoms with van der Waals surface area (Å²) in [6.07, 6.45) is 1.20. The molecule has 7 nitrogen and oxygen atoms in total. The summed E-state index contributed by atoms with van der Waals surface area (Å²) in [7, 11) is -0.882. The summed E-state index contributed by atoms with van der Waals surface area (Å²) in [6, 6.07) is 6.11. The molecule has 0 amide bonds. The lowest BCUT2D eigenvalue weighted by atomic mass is 10.1. The number of aromatic nitrogens is 2. The molecule has 0 bridgehead atoms. The molecule has 1 aromatic carbocycles. The van der Waals surface area contributed by atoms with Crippen molar-refractivity contribution in [1.82, 2.24) is 14.3 Å². The molecule has 106 valence electrons. The lowest BCUT2D eigenvalue weighted by molar-refractivity contribution is 0.521. The third-order valence-electron chi connectivity index (χ3n) is 2.76. The van der Waals surface area contributed by atoms with Crippen molar-refractivity contribution in [2.24, 2.45) is 0 Å². The van der Waals surface area contributed by atoms with Gasteiger partial charge in [0.2, 0.25) is 10.0 Å². The first-order valence-corrected chi connectivity index (χ1v) is 7.12. The van der Waals surface area contributed by atoms with Crippen molar-refractivity contribution in [1.29, 1.82) is 0 Å². The molecule has 20 heavy (non-hydrogen) atoms. The molecule has 0 radical (unpaired) electrons. The maximum Gasteiger partial charge on any atom is 0.325 e. The van der Waals surface area contributed by atoms with Crippen molar-refractivity contribution in [2.75, 3.05) is 14.1 Å². The second-order valence-electron chi connectivity index (χ2n) is 4.27. The molecular formula is C12H13N3O4S. The van der Waals surface area contributed by atoms with Gasteiger partial charge < -0.3 is 4.98 Å². The van der Waals surface area contributed by atoms with Crippen LogP contribution in [0.2, 0.25) is 0 Å². The number of nitrogens with one attached hydrogen (secondary N) is 2. The number of hydrogen-bond acceptors (Lipinski definition) is 4. The molecule has 1 heterocycles. The van der Waals surface area contributed by atoms with Gasteiger partial charge in [-0.3, -0.25) is 9.78 Å². The van der Waals surface area contributed by atoms with Crippen LogP contribution in [0.25, 0.3) is 11.1 Å². The van der Waals surface area contributed by atoms with Gasteiger partial charge in [-0.1, -0.05) is 18.2 Å². The van der Waals surface area contributed by atoms with E-state index in [1.807, 2.05) is 0 Å². The molecule has 0 saturated carbocycles. The van der Waals surface area contributed by atoms with Gasteiger partial charge >= 0.3 is 5.69 Å². The number of benzene rings is 1. The zero-order chi connectivity index (χ0) is 14.9. The number of hydrogen-bond donors (Lipinski definition) is 2. The number of aromatic amines is 2. The average molecular weight is 295 g/mol. The van der Waals surface area contributed by atoms with Crippen LogP contribution in [0.15, 0.2) is 44.9 Å². The second-order valence-corrected chi connectivity index (χ2v) is 6.39. The highest BCUT2D eigenvalue weighted by atomic mass is 32.2. The minimum atomic E-state index is -3.69. The third kappa shape index (κ3) is 2.43. The average Bonchev–Trinajstić information content (AvgIpc) is 2.38. The van der Waals surface area contributed by atoms with E-state index in [4.69, 9.17) is 0 Å². The first-order chi connectivity index (χ1) is 9.34. The summed E-state index contributed by atoms with van der Waals surface area (Å²) < 4.78 is 25.6. The molecule has 2 rings (SSSR count). The summed E-state index contributed by atoms with van der Waals surface area (Å²) in [6.45, 7) is 0.